The van der Waals surface area contributed by atoms with Crippen molar-refractivity contribution in [3.8, 4) is 11.5 Å². The van der Waals surface area contributed by atoms with Crippen molar-refractivity contribution in [2.45, 2.75) is 20.4 Å². The Labute approximate surface area is 106 Å². The van der Waals surface area contributed by atoms with Gasteiger partial charge in [-0.15, -0.1) is 0 Å². The van der Waals surface area contributed by atoms with Crippen LogP contribution in [0.5, 0.6) is 11.5 Å². The van der Waals surface area contributed by atoms with Crippen LogP contribution in [-0.4, -0.2) is 30.9 Å². The third-order valence-electron chi connectivity index (χ3n) is 2.72. The third kappa shape index (κ3) is 2.67. The maximum Gasteiger partial charge on any atom is 0.410 e. The molecule has 0 radical (unpaired) electrons. The fourth-order valence-electron chi connectivity index (χ4n) is 1.78. The van der Waals surface area contributed by atoms with Crippen molar-refractivity contribution in [1.82, 2.24) is 4.90 Å². The predicted molar refractivity (Wildman–Crippen MR) is 65.7 cm³/mol. The van der Waals surface area contributed by atoms with Gasteiger partial charge in [-0.2, -0.15) is 0 Å². The summed E-state index contributed by atoms with van der Waals surface area (Å²) in [6.45, 7) is 5.47. The lowest BCUT2D eigenvalue weighted by Gasteiger charge is -2.20. The van der Waals surface area contributed by atoms with E-state index in [0.717, 1.165) is 17.1 Å². The van der Waals surface area contributed by atoms with Crippen molar-refractivity contribution in [3.63, 3.8) is 0 Å². The second-order valence-corrected chi connectivity index (χ2v) is 3.90. The number of carbonyl (C=O) groups is 1. The van der Waals surface area contributed by atoms with Gasteiger partial charge >= 0.3 is 6.09 Å². The number of amides is 1. The molecule has 1 aliphatic rings. The van der Waals surface area contributed by atoms with Crippen molar-refractivity contribution in [3.05, 3.63) is 23.8 Å². The van der Waals surface area contributed by atoms with Crippen molar-refractivity contribution in [2.75, 3.05) is 19.9 Å². The second kappa shape index (κ2) is 5.62. The normalized spacial score (nSPS) is 12.3. The Kier molecular flexibility index (Phi) is 3.92. The quantitative estimate of drug-likeness (QED) is 0.824. The highest BCUT2D eigenvalue weighted by Crippen LogP contribution is 2.32. The molecule has 1 amide bonds. The predicted octanol–water partition coefficient (Wildman–Crippen LogP) is 2.39. The fraction of sp³-hybridized carbons (Fsp3) is 0.462. The van der Waals surface area contributed by atoms with Gasteiger partial charge in [-0.1, -0.05) is 6.07 Å². The molecule has 5 heteroatoms. The van der Waals surface area contributed by atoms with Gasteiger partial charge in [0.2, 0.25) is 6.79 Å². The molecule has 1 aromatic carbocycles. The number of hydrogen-bond acceptors (Lipinski definition) is 4. The second-order valence-electron chi connectivity index (χ2n) is 3.90. The minimum absolute atomic E-state index is 0.258. The molecule has 0 bridgehead atoms. The van der Waals surface area contributed by atoms with Crippen molar-refractivity contribution in [1.29, 1.82) is 0 Å². The smallest absolute Gasteiger partial charge is 0.410 e. The molecule has 0 aliphatic carbocycles. The Morgan fingerprint density at radius 2 is 2.11 bits per heavy atom. The monoisotopic (exact) mass is 251 g/mol. The van der Waals surface area contributed by atoms with Crippen LogP contribution in [-0.2, 0) is 11.3 Å². The Balaban J connectivity index is 2.05. The van der Waals surface area contributed by atoms with E-state index in [1.54, 1.807) is 11.8 Å². The molecule has 2 rings (SSSR count). The van der Waals surface area contributed by atoms with E-state index in [1.165, 1.54) is 0 Å². The lowest BCUT2D eigenvalue weighted by atomic mass is 10.2. The minimum Gasteiger partial charge on any atom is -0.454 e. The molecule has 0 saturated carbocycles. The number of rotatable bonds is 4. The summed E-state index contributed by atoms with van der Waals surface area (Å²) in [4.78, 5) is 13.3. The van der Waals surface area contributed by atoms with Gasteiger partial charge in [0.25, 0.3) is 0 Å². The van der Waals surface area contributed by atoms with E-state index in [1.807, 2.05) is 25.1 Å². The average molecular weight is 251 g/mol. The zero-order valence-corrected chi connectivity index (χ0v) is 10.6. The molecule has 0 spiro atoms. The Morgan fingerprint density at radius 3 is 2.83 bits per heavy atom. The van der Waals surface area contributed by atoms with E-state index in [4.69, 9.17) is 14.2 Å². The van der Waals surface area contributed by atoms with Crippen molar-refractivity contribution in [2.24, 2.45) is 0 Å². The minimum atomic E-state index is -0.294. The number of fused-ring (bicyclic) bond motifs is 1. The Morgan fingerprint density at radius 1 is 1.33 bits per heavy atom. The highest BCUT2D eigenvalue weighted by atomic mass is 16.7. The van der Waals surface area contributed by atoms with E-state index < -0.39 is 0 Å². The number of carbonyl (C=O) groups excluding carboxylic acids is 1. The summed E-state index contributed by atoms with van der Waals surface area (Å²) >= 11 is 0. The van der Waals surface area contributed by atoms with Crippen molar-refractivity contribution >= 4 is 6.09 Å². The molecule has 1 aliphatic heterocycles. The number of benzene rings is 1. The van der Waals surface area contributed by atoms with E-state index in [9.17, 15) is 4.79 Å². The van der Waals surface area contributed by atoms with Gasteiger partial charge in [-0.3, -0.25) is 0 Å². The topological polar surface area (TPSA) is 48.0 Å². The molecular formula is C13H17NO4. The van der Waals surface area contributed by atoms with Gasteiger partial charge in [-0.05, 0) is 31.5 Å². The largest absolute Gasteiger partial charge is 0.454 e. The summed E-state index contributed by atoms with van der Waals surface area (Å²) in [6, 6.07) is 5.68. The Bertz CT molecular complexity index is 433. The van der Waals surface area contributed by atoms with Crippen LogP contribution in [0, 0.1) is 0 Å². The first kappa shape index (κ1) is 12.5. The van der Waals surface area contributed by atoms with E-state index in [-0.39, 0.29) is 12.9 Å². The van der Waals surface area contributed by atoms with Crippen LogP contribution in [0.1, 0.15) is 19.4 Å². The molecule has 98 valence electrons. The summed E-state index contributed by atoms with van der Waals surface area (Å²) in [6.07, 6.45) is -0.294. The van der Waals surface area contributed by atoms with Crippen LogP contribution in [0.2, 0.25) is 0 Å². The number of hydrogen-bond donors (Lipinski definition) is 0. The summed E-state index contributed by atoms with van der Waals surface area (Å²) in [5.41, 5.74) is 0.995. The molecule has 0 atom stereocenters. The lowest BCUT2D eigenvalue weighted by Crippen LogP contribution is -2.30. The van der Waals surface area contributed by atoms with Gasteiger partial charge < -0.3 is 19.1 Å². The molecule has 0 saturated heterocycles. The van der Waals surface area contributed by atoms with Crippen LogP contribution >= 0.6 is 0 Å². The molecule has 18 heavy (non-hydrogen) atoms. The summed E-state index contributed by atoms with van der Waals surface area (Å²) in [5.74, 6) is 1.48. The SMILES string of the molecule is CCOC(=O)N(CC)Cc1ccc2c(c1)OCO2. The fourth-order valence-corrected chi connectivity index (χ4v) is 1.78. The molecule has 0 N–H and O–H groups in total. The molecular weight excluding hydrogens is 234 g/mol. The highest BCUT2D eigenvalue weighted by Gasteiger charge is 2.16. The van der Waals surface area contributed by atoms with Crippen LogP contribution < -0.4 is 9.47 Å². The first-order valence-electron chi connectivity index (χ1n) is 6.04. The van der Waals surface area contributed by atoms with Crippen LogP contribution in [0.15, 0.2) is 18.2 Å². The van der Waals surface area contributed by atoms with Gasteiger partial charge in [0.15, 0.2) is 11.5 Å². The number of nitrogens with zero attached hydrogens (tertiary/aromatic N) is 1. The summed E-state index contributed by atoms with van der Waals surface area (Å²) in [7, 11) is 0. The summed E-state index contributed by atoms with van der Waals surface area (Å²) < 4.78 is 15.5. The zero-order valence-electron chi connectivity index (χ0n) is 10.6. The lowest BCUT2D eigenvalue weighted by molar-refractivity contribution is 0.106. The van der Waals surface area contributed by atoms with Crippen LogP contribution in [0.4, 0.5) is 4.79 Å². The first-order valence-corrected chi connectivity index (χ1v) is 6.04. The zero-order chi connectivity index (χ0) is 13.0. The highest BCUT2D eigenvalue weighted by molar-refractivity contribution is 5.67. The van der Waals surface area contributed by atoms with Crippen LogP contribution in [0.3, 0.4) is 0 Å². The number of ether oxygens (including phenoxy) is 3. The summed E-state index contributed by atoms with van der Waals surface area (Å²) in [5, 5.41) is 0. The van der Waals surface area contributed by atoms with Gasteiger partial charge in [0, 0.05) is 13.1 Å². The average Bonchev–Trinajstić information content (AvgIpc) is 2.83. The van der Waals surface area contributed by atoms with Crippen molar-refractivity contribution < 1.29 is 19.0 Å². The van der Waals surface area contributed by atoms with E-state index >= 15 is 0 Å². The van der Waals surface area contributed by atoms with E-state index in [2.05, 4.69) is 0 Å². The Hall–Kier alpha value is -1.91. The molecule has 5 nitrogen and oxygen atoms in total. The third-order valence-corrected chi connectivity index (χ3v) is 2.72. The molecule has 0 fully saturated rings. The first-order chi connectivity index (χ1) is 8.74. The van der Waals surface area contributed by atoms with Gasteiger partial charge in [0.1, 0.15) is 0 Å². The van der Waals surface area contributed by atoms with Gasteiger partial charge in [0.05, 0.1) is 6.61 Å². The van der Waals surface area contributed by atoms with E-state index in [0.29, 0.717) is 19.7 Å². The molecule has 1 aromatic rings. The standard InChI is InChI=1S/C13H17NO4/c1-3-14(13(15)16-4-2)8-10-5-6-11-12(7-10)18-9-17-11/h5-7H,3-4,8-9H2,1-2H3. The van der Waals surface area contributed by atoms with Crippen LogP contribution in [0.25, 0.3) is 0 Å². The maximum absolute atomic E-state index is 11.7. The molecule has 1 heterocycles. The molecule has 0 aromatic heterocycles. The maximum atomic E-state index is 11.7. The van der Waals surface area contributed by atoms with Gasteiger partial charge in [-0.25, -0.2) is 4.79 Å². The molecule has 0 unspecified atom stereocenters.